The van der Waals surface area contributed by atoms with E-state index in [9.17, 15) is 0 Å². The van der Waals surface area contributed by atoms with Gasteiger partial charge in [-0.3, -0.25) is 0 Å². The molecule has 1 aromatic carbocycles. The van der Waals surface area contributed by atoms with E-state index in [0.717, 1.165) is 17.1 Å². The summed E-state index contributed by atoms with van der Waals surface area (Å²) in [4.78, 5) is 1.92. The summed E-state index contributed by atoms with van der Waals surface area (Å²) < 4.78 is 0. The van der Waals surface area contributed by atoms with Crippen LogP contribution in [0, 0.1) is 11.3 Å². The lowest BCUT2D eigenvalue weighted by atomic mass is 10.1. The Labute approximate surface area is 107 Å². The average Bonchev–Trinajstić information content (AvgIpc) is 2.46. The molecule has 0 unspecified atom stereocenters. The average molecular weight is 238 g/mol. The van der Waals surface area contributed by atoms with E-state index in [1.54, 1.807) is 0 Å². The zero-order chi connectivity index (χ0) is 12.8. The second kappa shape index (κ2) is 5.78. The Bertz CT molecular complexity index is 528. The molecule has 0 atom stereocenters. The predicted molar refractivity (Wildman–Crippen MR) is 71.0 cm³/mol. The van der Waals surface area contributed by atoms with E-state index in [0.29, 0.717) is 13.0 Å². The van der Waals surface area contributed by atoms with Crippen LogP contribution in [0.4, 0.5) is 5.82 Å². The summed E-state index contributed by atoms with van der Waals surface area (Å²) in [7, 11) is 1.91. The molecule has 18 heavy (non-hydrogen) atoms. The number of hydrogen-bond acceptors (Lipinski definition) is 4. The molecule has 1 heterocycles. The van der Waals surface area contributed by atoms with Crippen LogP contribution < -0.4 is 4.90 Å². The van der Waals surface area contributed by atoms with Gasteiger partial charge in [0.15, 0.2) is 5.82 Å². The minimum absolute atomic E-state index is 0.485. The van der Waals surface area contributed by atoms with Gasteiger partial charge < -0.3 is 4.90 Å². The number of nitriles is 1. The lowest BCUT2D eigenvalue weighted by Gasteiger charge is -2.15. The molecule has 0 spiro atoms. The third-order valence-electron chi connectivity index (χ3n) is 2.67. The second-order valence-corrected chi connectivity index (χ2v) is 3.97. The van der Waals surface area contributed by atoms with Gasteiger partial charge >= 0.3 is 0 Å². The maximum Gasteiger partial charge on any atom is 0.151 e. The lowest BCUT2D eigenvalue weighted by molar-refractivity contribution is 0.860. The fourth-order valence-electron chi connectivity index (χ4n) is 1.62. The van der Waals surface area contributed by atoms with Crippen molar-refractivity contribution >= 4 is 5.82 Å². The molecule has 2 rings (SSSR count). The van der Waals surface area contributed by atoms with Crippen LogP contribution in [0.1, 0.15) is 6.42 Å². The highest BCUT2D eigenvalue weighted by Crippen LogP contribution is 2.17. The maximum absolute atomic E-state index is 8.54. The summed E-state index contributed by atoms with van der Waals surface area (Å²) in [6, 6.07) is 15.9. The SMILES string of the molecule is CN(CCC#N)c1ccc(-c2ccccc2)nn1. The summed E-state index contributed by atoms with van der Waals surface area (Å²) in [6.45, 7) is 0.663. The van der Waals surface area contributed by atoms with E-state index >= 15 is 0 Å². The molecule has 0 saturated carbocycles. The van der Waals surface area contributed by atoms with E-state index in [1.807, 2.05) is 54.4 Å². The quantitative estimate of drug-likeness (QED) is 0.821. The Hall–Kier alpha value is -2.41. The van der Waals surface area contributed by atoms with Gasteiger partial charge in [-0.15, -0.1) is 10.2 Å². The molecule has 0 saturated heterocycles. The molecule has 2 aromatic rings. The molecule has 1 aromatic heterocycles. The molecule has 0 aliphatic carbocycles. The first kappa shape index (κ1) is 12.1. The van der Waals surface area contributed by atoms with Crippen LogP contribution in [0.5, 0.6) is 0 Å². The third-order valence-corrected chi connectivity index (χ3v) is 2.67. The lowest BCUT2D eigenvalue weighted by Crippen LogP contribution is -2.19. The molecule has 0 aliphatic heterocycles. The van der Waals surface area contributed by atoms with Crippen molar-refractivity contribution in [1.29, 1.82) is 5.26 Å². The summed E-state index contributed by atoms with van der Waals surface area (Å²) in [5.74, 6) is 0.782. The summed E-state index contributed by atoms with van der Waals surface area (Å²) >= 11 is 0. The third kappa shape index (κ3) is 2.83. The Morgan fingerprint density at radius 1 is 1.11 bits per heavy atom. The fourth-order valence-corrected chi connectivity index (χ4v) is 1.62. The molecule has 0 fully saturated rings. The molecule has 0 radical (unpaired) electrons. The Morgan fingerprint density at radius 2 is 1.89 bits per heavy atom. The predicted octanol–water partition coefficient (Wildman–Crippen LogP) is 2.49. The summed E-state index contributed by atoms with van der Waals surface area (Å²) in [6.07, 6.45) is 0.485. The fraction of sp³-hybridized carbons (Fsp3) is 0.214. The Morgan fingerprint density at radius 3 is 2.50 bits per heavy atom. The van der Waals surface area contributed by atoms with Gasteiger partial charge in [0, 0.05) is 19.2 Å². The number of rotatable bonds is 4. The van der Waals surface area contributed by atoms with Gasteiger partial charge in [-0.1, -0.05) is 30.3 Å². The smallest absolute Gasteiger partial charge is 0.151 e. The normalized spacial score (nSPS) is 9.78. The van der Waals surface area contributed by atoms with E-state index in [-0.39, 0.29) is 0 Å². The molecule has 0 bridgehead atoms. The first-order valence-corrected chi connectivity index (χ1v) is 5.78. The van der Waals surface area contributed by atoms with Crippen molar-refractivity contribution in [2.24, 2.45) is 0 Å². The van der Waals surface area contributed by atoms with Gasteiger partial charge in [-0.25, -0.2) is 0 Å². The van der Waals surface area contributed by atoms with Crippen LogP contribution in [-0.2, 0) is 0 Å². The van der Waals surface area contributed by atoms with Gasteiger partial charge in [0.2, 0.25) is 0 Å². The maximum atomic E-state index is 8.54. The second-order valence-electron chi connectivity index (χ2n) is 3.97. The van der Waals surface area contributed by atoms with Gasteiger partial charge in [0.1, 0.15) is 0 Å². The molecule has 0 N–H and O–H groups in total. The molecular weight excluding hydrogens is 224 g/mol. The van der Waals surface area contributed by atoms with Gasteiger partial charge in [-0.2, -0.15) is 5.26 Å². The van der Waals surface area contributed by atoms with Crippen LogP contribution in [0.25, 0.3) is 11.3 Å². The zero-order valence-corrected chi connectivity index (χ0v) is 10.2. The van der Waals surface area contributed by atoms with Crippen molar-refractivity contribution in [2.45, 2.75) is 6.42 Å². The number of anilines is 1. The van der Waals surface area contributed by atoms with Crippen LogP contribution in [0.3, 0.4) is 0 Å². The van der Waals surface area contributed by atoms with Crippen molar-refractivity contribution in [3.05, 3.63) is 42.5 Å². The van der Waals surface area contributed by atoms with Gasteiger partial charge in [0.05, 0.1) is 18.2 Å². The van der Waals surface area contributed by atoms with Gasteiger partial charge in [0.25, 0.3) is 0 Å². The van der Waals surface area contributed by atoms with Crippen molar-refractivity contribution in [1.82, 2.24) is 10.2 Å². The first-order valence-electron chi connectivity index (χ1n) is 5.78. The number of aromatic nitrogens is 2. The standard InChI is InChI=1S/C14H14N4/c1-18(11-5-10-15)14-9-8-13(16-17-14)12-6-3-2-4-7-12/h2-4,6-9H,5,11H2,1H3. The highest BCUT2D eigenvalue weighted by molar-refractivity contribution is 5.59. The first-order chi connectivity index (χ1) is 8.81. The van der Waals surface area contributed by atoms with Crippen LogP contribution >= 0.6 is 0 Å². The number of nitrogens with zero attached hydrogens (tertiary/aromatic N) is 4. The van der Waals surface area contributed by atoms with E-state index in [1.165, 1.54) is 0 Å². The van der Waals surface area contributed by atoms with Crippen LogP contribution in [-0.4, -0.2) is 23.8 Å². The minimum Gasteiger partial charge on any atom is -0.357 e. The molecule has 90 valence electrons. The molecule has 0 aliphatic rings. The number of benzene rings is 1. The Balaban J connectivity index is 2.13. The van der Waals surface area contributed by atoms with Crippen molar-refractivity contribution in [2.75, 3.05) is 18.5 Å². The monoisotopic (exact) mass is 238 g/mol. The van der Waals surface area contributed by atoms with Crippen molar-refractivity contribution < 1.29 is 0 Å². The highest BCUT2D eigenvalue weighted by atomic mass is 15.2. The van der Waals surface area contributed by atoms with E-state index in [2.05, 4.69) is 16.3 Å². The van der Waals surface area contributed by atoms with E-state index < -0.39 is 0 Å². The zero-order valence-electron chi connectivity index (χ0n) is 10.2. The highest BCUT2D eigenvalue weighted by Gasteiger charge is 2.04. The molecule has 0 amide bonds. The topological polar surface area (TPSA) is 52.8 Å². The van der Waals surface area contributed by atoms with Crippen molar-refractivity contribution in [3.8, 4) is 17.3 Å². The number of hydrogen-bond donors (Lipinski definition) is 0. The van der Waals surface area contributed by atoms with E-state index in [4.69, 9.17) is 5.26 Å². The molecule has 4 heteroatoms. The molecule has 4 nitrogen and oxygen atoms in total. The summed E-state index contributed by atoms with van der Waals surface area (Å²) in [5.41, 5.74) is 1.91. The largest absolute Gasteiger partial charge is 0.357 e. The van der Waals surface area contributed by atoms with Crippen molar-refractivity contribution in [3.63, 3.8) is 0 Å². The van der Waals surface area contributed by atoms with Crippen LogP contribution in [0.15, 0.2) is 42.5 Å². The summed E-state index contributed by atoms with van der Waals surface area (Å²) in [5, 5.41) is 16.9. The van der Waals surface area contributed by atoms with Crippen LogP contribution in [0.2, 0.25) is 0 Å². The molecular formula is C14H14N4. The Kier molecular flexibility index (Phi) is 3.87. The van der Waals surface area contributed by atoms with Gasteiger partial charge in [-0.05, 0) is 12.1 Å². The minimum atomic E-state index is 0.485.